The molecule has 0 saturated heterocycles. The average Bonchev–Trinajstić information content (AvgIpc) is 2.86. The lowest BCUT2D eigenvalue weighted by atomic mass is 9.80. The van der Waals surface area contributed by atoms with Crippen LogP contribution >= 0.6 is 0 Å². The van der Waals surface area contributed by atoms with Gasteiger partial charge in [-0.1, -0.05) is 13.8 Å². The molecule has 126 valence electrons. The second-order valence-electron chi connectivity index (χ2n) is 7.18. The molecule has 3 rings (SSSR count). The lowest BCUT2D eigenvalue weighted by Gasteiger charge is -2.31. The van der Waals surface area contributed by atoms with Crippen LogP contribution in [0, 0.1) is 5.41 Å². The maximum absolute atomic E-state index is 5.95. The Kier molecular flexibility index (Phi) is 4.62. The van der Waals surface area contributed by atoms with Gasteiger partial charge >= 0.3 is 0 Å². The van der Waals surface area contributed by atoms with Gasteiger partial charge < -0.3 is 14.2 Å². The van der Waals surface area contributed by atoms with Crippen molar-refractivity contribution in [3.8, 4) is 11.5 Å². The minimum atomic E-state index is 0.276. The molecule has 2 aliphatic rings. The Morgan fingerprint density at radius 3 is 2.74 bits per heavy atom. The van der Waals surface area contributed by atoms with Crippen LogP contribution in [0.4, 0.5) is 0 Å². The second-order valence-corrected chi connectivity index (χ2v) is 7.18. The number of hydrogen-bond donors (Lipinski definition) is 0. The number of rotatable bonds is 6. The van der Waals surface area contributed by atoms with Gasteiger partial charge in [-0.25, -0.2) is 0 Å². The SMILES string of the molecule is COCCCOc1cc2c(cc1OC)C=N[C@H]1C2CCC1(C)C. The highest BCUT2D eigenvalue weighted by molar-refractivity contribution is 5.85. The van der Waals surface area contributed by atoms with Crippen LogP contribution in [-0.2, 0) is 4.74 Å². The molecule has 0 radical (unpaired) electrons. The summed E-state index contributed by atoms with van der Waals surface area (Å²) < 4.78 is 16.5. The van der Waals surface area contributed by atoms with Crippen molar-refractivity contribution >= 4 is 6.21 Å². The van der Waals surface area contributed by atoms with E-state index in [0.29, 0.717) is 25.2 Å². The van der Waals surface area contributed by atoms with E-state index in [1.54, 1.807) is 14.2 Å². The van der Waals surface area contributed by atoms with Gasteiger partial charge in [-0.3, -0.25) is 4.99 Å². The maximum Gasteiger partial charge on any atom is 0.161 e. The highest BCUT2D eigenvalue weighted by atomic mass is 16.5. The van der Waals surface area contributed by atoms with Crippen molar-refractivity contribution in [2.45, 2.75) is 45.1 Å². The molecule has 0 bridgehead atoms. The van der Waals surface area contributed by atoms with Gasteiger partial charge in [0.1, 0.15) is 0 Å². The van der Waals surface area contributed by atoms with Crippen molar-refractivity contribution in [2.24, 2.45) is 10.4 Å². The van der Waals surface area contributed by atoms with Gasteiger partial charge in [0, 0.05) is 32.3 Å². The number of hydrogen-bond acceptors (Lipinski definition) is 4. The van der Waals surface area contributed by atoms with Gasteiger partial charge in [0.15, 0.2) is 11.5 Å². The molecule has 0 N–H and O–H groups in total. The highest BCUT2D eigenvalue weighted by Gasteiger charge is 2.44. The molecule has 1 heterocycles. The van der Waals surface area contributed by atoms with Crippen molar-refractivity contribution < 1.29 is 14.2 Å². The third-order valence-electron chi connectivity index (χ3n) is 5.17. The summed E-state index contributed by atoms with van der Waals surface area (Å²) in [6, 6.07) is 4.61. The first-order chi connectivity index (χ1) is 11.1. The predicted molar refractivity (Wildman–Crippen MR) is 92.1 cm³/mol. The minimum absolute atomic E-state index is 0.276. The summed E-state index contributed by atoms with van der Waals surface area (Å²) in [5.74, 6) is 2.11. The number of benzene rings is 1. The van der Waals surface area contributed by atoms with Crippen LogP contribution in [0.15, 0.2) is 17.1 Å². The molecule has 1 aliphatic heterocycles. The number of nitrogens with zero attached hydrogens (tertiary/aromatic N) is 1. The van der Waals surface area contributed by atoms with E-state index in [4.69, 9.17) is 19.2 Å². The van der Waals surface area contributed by atoms with Crippen LogP contribution in [0.3, 0.4) is 0 Å². The van der Waals surface area contributed by atoms with Crippen LogP contribution < -0.4 is 9.47 Å². The summed E-state index contributed by atoms with van der Waals surface area (Å²) in [7, 11) is 3.39. The number of ether oxygens (including phenoxy) is 3. The fourth-order valence-corrected chi connectivity index (χ4v) is 3.85. The van der Waals surface area contributed by atoms with E-state index in [-0.39, 0.29) is 5.41 Å². The van der Waals surface area contributed by atoms with E-state index in [1.807, 2.05) is 6.21 Å². The summed E-state index contributed by atoms with van der Waals surface area (Å²) in [6.07, 6.45) is 5.30. The quantitative estimate of drug-likeness (QED) is 0.749. The molecule has 1 fully saturated rings. The second kappa shape index (κ2) is 6.52. The molecule has 1 aromatic carbocycles. The number of methoxy groups -OCH3 is 2. The number of aliphatic imine (C=N–C) groups is 1. The molecule has 0 amide bonds. The Labute approximate surface area is 138 Å². The van der Waals surface area contributed by atoms with Gasteiger partial charge in [0.25, 0.3) is 0 Å². The number of fused-ring (bicyclic) bond motifs is 3. The van der Waals surface area contributed by atoms with E-state index >= 15 is 0 Å². The van der Waals surface area contributed by atoms with Gasteiger partial charge in [-0.05, 0) is 41.5 Å². The zero-order valence-electron chi connectivity index (χ0n) is 14.6. The van der Waals surface area contributed by atoms with E-state index < -0.39 is 0 Å². The topological polar surface area (TPSA) is 40.0 Å². The molecule has 2 atom stereocenters. The van der Waals surface area contributed by atoms with Gasteiger partial charge in [-0.2, -0.15) is 0 Å². The first-order valence-electron chi connectivity index (χ1n) is 8.43. The van der Waals surface area contributed by atoms with Crippen LogP contribution in [0.5, 0.6) is 11.5 Å². The summed E-state index contributed by atoms with van der Waals surface area (Å²) in [5, 5.41) is 0. The Morgan fingerprint density at radius 2 is 2.00 bits per heavy atom. The lowest BCUT2D eigenvalue weighted by Crippen LogP contribution is -2.28. The Balaban J connectivity index is 1.87. The van der Waals surface area contributed by atoms with Crippen molar-refractivity contribution in [3.63, 3.8) is 0 Å². The van der Waals surface area contributed by atoms with Gasteiger partial charge in [0.2, 0.25) is 0 Å². The molecule has 4 heteroatoms. The summed E-state index contributed by atoms with van der Waals surface area (Å²) in [6.45, 7) is 5.99. The Bertz CT molecular complexity index is 595. The summed E-state index contributed by atoms with van der Waals surface area (Å²) in [5.41, 5.74) is 2.81. The first kappa shape index (κ1) is 16.3. The Morgan fingerprint density at radius 1 is 1.17 bits per heavy atom. The van der Waals surface area contributed by atoms with Crippen LogP contribution in [0.2, 0.25) is 0 Å². The Hall–Kier alpha value is -1.55. The van der Waals surface area contributed by atoms with Crippen molar-refractivity contribution in [1.82, 2.24) is 0 Å². The minimum Gasteiger partial charge on any atom is -0.493 e. The summed E-state index contributed by atoms with van der Waals surface area (Å²) in [4.78, 5) is 4.84. The molecular weight excluding hydrogens is 290 g/mol. The third kappa shape index (κ3) is 3.09. The molecule has 1 aliphatic carbocycles. The van der Waals surface area contributed by atoms with Crippen molar-refractivity contribution in [2.75, 3.05) is 27.4 Å². The zero-order valence-corrected chi connectivity index (χ0v) is 14.6. The largest absolute Gasteiger partial charge is 0.493 e. The highest BCUT2D eigenvalue weighted by Crippen LogP contribution is 2.51. The van der Waals surface area contributed by atoms with Crippen LogP contribution in [0.1, 0.15) is 50.2 Å². The van der Waals surface area contributed by atoms with Gasteiger partial charge in [0.05, 0.1) is 19.8 Å². The van der Waals surface area contributed by atoms with Gasteiger partial charge in [-0.15, -0.1) is 0 Å². The third-order valence-corrected chi connectivity index (χ3v) is 5.17. The molecule has 1 saturated carbocycles. The molecule has 0 aromatic heterocycles. The van der Waals surface area contributed by atoms with Crippen LogP contribution in [0.25, 0.3) is 0 Å². The van der Waals surface area contributed by atoms with E-state index in [1.165, 1.54) is 24.0 Å². The first-order valence-corrected chi connectivity index (χ1v) is 8.43. The average molecular weight is 317 g/mol. The molecule has 1 unspecified atom stereocenters. The van der Waals surface area contributed by atoms with E-state index in [2.05, 4.69) is 26.0 Å². The summed E-state index contributed by atoms with van der Waals surface area (Å²) >= 11 is 0. The normalized spacial score (nSPS) is 24.2. The van der Waals surface area contributed by atoms with E-state index in [0.717, 1.165) is 17.9 Å². The van der Waals surface area contributed by atoms with Crippen molar-refractivity contribution in [3.05, 3.63) is 23.3 Å². The maximum atomic E-state index is 5.95. The molecular formula is C19H27NO3. The smallest absolute Gasteiger partial charge is 0.161 e. The molecule has 23 heavy (non-hydrogen) atoms. The standard InChI is InChI=1S/C19H27NO3/c1-19(2)7-6-14-15-11-17(23-9-5-8-21-3)16(22-4)10-13(15)12-20-18(14)19/h10-12,14,18H,5-9H2,1-4H3/t14?,18-/m0/s1. The fraction of sp³-hybridized carbons (Fsp3) is 0.632. The van der Waals surface area contributed by atoms with Crippen LogP contribution in [-0.4, -0.2) is 39.7 Å². The monoisotopic (exact) mass is 317 g/mol. The van der Waals surface area contributed by atoms with E-state index in [9.17, 15) is 0 Å². The molecule has 0 spiro atoms. The zero-order chi connectivity index (χ0) is 16.4. The molecule has 1 aromatic rings. The fourth-order valence-electron chi connectivity index (χ4n) is 3.85. The molecule has 4 nitrogen and oxygen atoms in total. The predicted octanol–water partition coefficient (Wildman–Crippen LogP) is 3.82. The lowest BCUT2D eigenvalue weighted by molar-refractivity contribution is 0.170. The van der Waals surface area contributed by atoms with Crippen molar-refractivity contribution in [1.29, 1.82) is 0 Å².